The predicted molar refractivity (Wildman–Crippen MR) is 82.2 cm³/mol. The van der Waals surface area contributed by atoms with Crippen molar-refractivity contribution < 1.29 is 17.9 Å². The van der Waals surface area contributed by atoms with Crippen LogP contribution in [0.5, 0.6) is 0 Å². The summed E-state index contributed by atoms with van der Waals surface area (Å²) in [5.41, 5.74) is -0.0106. The van der Waals surface area contributed by atoms with Gasteiger partial charge in [-0.2, -0.15) is 11.8 Å². The molecule has 21 heavy (non-hydrogen) atoms. The van der Waals surface area contributed by atoms with Crippen molar-refractivity contribution in [2.45, 2.75) is 48.5 Å². The highest BCUT2D eigenvalue weighted by Gasteiger charge is 2.26. The molecular formula is C14H20FNO3S2. The quantitative estimate of drug-likeness (QED) is 0.867. The van der Waals surface area contributed by atoms with E-state index in [-0.39, 0.29) is 16.5 Å². The Morgan fingerprint density at radius 3 is 2.86 bits per heavy atom. The van der Waals surface area contributed by atoms with Gasteiger partial charge in [-0.05, 0) is 43.7 Å². The molecule has 0 amide bonds. The van der Waals surface area contributed by atoms with Crippen LogP contribution in [0, 0.1) is 5.82 Å². The van der Waals surface area contributed by atoms with E-state index in [0.29, 0.717) is 5.25 Å². The lowest BCUT2D eigenvalue weighted by molar-refractivity contribution is 0.275. The van der Waals surface area contributed by atoms with Crippen molar-refractivity contribution in [3.63, 3.8) is 0 Å². The number of aliphatic hydroxyl groups is 1. The van der Waals surface area contributed by atoms with Crippen molar-refractivity contribution in [1.82, 2.24) is 4.72 Å². The SMILES string of the molecule is CSC1CCCC(NS(=O)(=O)c2ccc(F)c(CO)c2)C1. The molecule has 0 spiro atoms. The normalized spacial score (nSPS) is 23.2. The van der Waals surface area contributed by atoms with Crippen molar-refractivity contribution in [3.8, 4) is 0 Å². The largest absolute Gasteiger partial charge is 0.392 e. The second kappa shape index (κ2) is 7.09. The first-order valence-electron chi connectivity index (χ1n) is 6.90. The van der Waals surface area contributed by atoms with Gasteiger partial charge in [0.15, 0.2) is 0 Å². The molecule has 1 saturated carbocycles. The Kier molecular flexibility index (Phi) is 5.65. The number of thioether (sulfide) groups is 1. The Labute approximate surface area is 129 Å². The van der Waals surface area contributed by atoms with E-state index in [1.165, 1.54) is 12.1 Å². The van der Waals surface area contributed by atoms with E-state index < -0.39 is 22.4 Å². The number of halogens is 1. The first-order chi connectivity index (χ1) is 9.96. The van der Waals surface area contributed by atoms with E-state index in [2.05, 4.69) is 4.72 Å². The Hall–Kier alpha value is -0.630. The fourth-order valence-corrected chi connectivity index (χ4v) is 4.75. The van der Waals surface area contributed by atoms with E-state index in [1.54, 1.807) is 11.8 Å². The molecule has 0 bridgehead atoms. The van der Waals surface area contributed by atoms with Gasteiger partial charge in [0.05, 0.1) is 11.5 Å². The second-order valence-electron chi connectivity index (χ2n) is 5.25. The van der Waals surface area contributed by atoms with Crippen LogP contribution in [0.2, 0.25) is 0 Å². The van der Waals surface area contributed by atoms with E-state index >= 15 is 0 Å². The van der Waals surface area contributed by atoms with Crippen molar-refractivity contribution in [3.05, 3.63) is 29.6 Å². The van der Waals surface area contributed by atoms with Crippen molar-refractivity contribution in [1.29, 1.82) is 0 Å². The van der Waals surface area contributed by atoms with Gasteiger partial charge in [-0.25, -0.2) is 17.5 Å². The molecule has 4 nitrogen and oxygen atoms in total. The molecule has 1 aliphatic carbocycles. The third kappa shape index (κ3) is 4.18. The highest BCUT2D eigenvalue weighted by Crippen LogP contribution is 2.28. The zero-order valence-electron chi connectivity index (χ0n) is 11.9. The van der Waals surface area contributed by atoms with Crippen molar-refractivity contribution in [2.24, 2.45) is 0 Å². The van der Waals surface area contributed by atoms with Crippen LogP contribution in [0.4, 0.5) is 4.39 Å². The average Bonchev–Trinajstić information content (AvgIpc) is 2.47. The van der Waals surface area contributed by atoms with Crippen LogP contribution in [0.1, 0.15) is 31.2 Å². The van der Waals surface area contributed by atoms with Gasteiger partial charge in [0.25, 0.3) is 0 Å². The summed E-state index contributed by atoms with van der Waals surface area (Å²) in [5, 5.41) is 9.52. The van der Waals surface area contributed by atoms with Gasteiger partial charge in [0.2, 0.25) is 10.0 Å². The van der Waals surface area contributed by atoms with Gasteiger partial charge < -0.3 is 5.11 Å². The number of rotatable bonds is 5. The minimum absolute atomic E-state index is 0.000718. The fourth-order valence-electron chi connectivity index (χ4n) is 2.59. The molecule has 1 aliphatic rings. The number of nitrogens with one attached hydrogen (secondary N) is 1. The molecule has 1 aromatic rings. The van der Waals surface area contributed by atoms with Crippen LogP contribution in [0.25, 0.3) is 0 Å². The van der Waals surface area contributed by atoms with E-state index in [1.807, 2.05) is 6.26 Å². The van der Waals surface area contributed by atoms with Gasteiger partial charge >= 0.3 is 0 Å². The third-order valence-corrected chi connectivity index (χ3v) is 6.39. The summed E-state index contributed by atoms with van der Waals surface area (Å²) in [6.45, 7) is -0.521. The molecular weight excluding hydrogens is 313 g/mol. The minimum atomic E-state index is -3.68. The van der Waals surface area contributed by atoms with Crippen molar-refractivity contribution in [2.75, 3.05) is 6.26 Å². The topological polar surface area (TPSA) is 66.4 Å². The van der Waals surface area contributed by atoms with Crippen LogP contribution in [-0.4, -0.2) is 31.1 Å². The number of sulfonamides is 1. The summed E-state index contributed by atoms with van der Waals surface area (Å²) in [6, 6.07) is 3.41. The molecule has 0 radical (unpaired) electrons. The molecule has 2 atom stereocenters. The lowest BCUT2D eigenvalue weighted by atomic mass is 9.96. The molecule has 7 heteroatoms. The number of benzene rings is 1. The van der Waals surface area contributed by atoms with Crippen LogP contribution in [0.15, 0.2) is 23.1 Å². The third-order valence-electron chi connectivity index (χ3n) is 3.78. The summed E-state index contributed by atoms with van der Waals surface area (Å²) in [6.07, 6.45) is 5.79. The van der Waals surface area contributed by atoms with E-state index in [0.717, 1.165) is 31.7 Å². The highest BCUT2D eigenvalue weighted by molar-refractivity contribution is 7.99. The van der Waals surface area contributed by atoms with Crippen LogP contribution in [-0.2, 0) is 16.6 Å². The zero-order chi connectivity index (χ0) is 15.5. The van der Waals surface area contributed by atoms with Crippen LogP contribution in [0.3, 0.4) is 0 Å². The number of hydrogen-bond donors (Lipinski definition) is 2. The van der Waals surface area contributed by atoms with Crippen molar-refractivity contribution >= 4 is 21.8 Å². The molecule has 2 N–H and O–H groups in total. The highest BCUT2D eigenvalue weighted by atomic mass is 32.2. The summed E-state index contributed by atoms with van der Waals surface area (Å²) in [4.78, 5) is -0.000718. The first-order valence-corrected chi connectivity index (χ1v) is 9.68. The second-order valence-corrected chi connectivity index (χ2v) is 8.11. The summed E-state index contributed by atoms with van der Waals surface area (Å²) >= 11 is 1.76. The Bertz CT molecular complexity index is 592. The Morgan fingerprint density at radius 1 is 1.43 bits per heavy atom. The Morgan fingerprint density at radius 2 is 2.19 bits per heavy atom. The van der Waals surface area contributed by atoms with Crippen LogP contribution < -0.4 is 4.72 Å². The lowest BCUT2D eigenvalue weighted by Crippen LogP contribution is -2.39. The predicted octanol–water partition coefficient (Wildman–Crippen LogP) is 2.27. The summed E-state index contributed by atoms with van der Waals surface area (Å²) < 4.78 is 40.7. The monoisotopic (exact) mass is 333 g/mol. The number of hydrogen-bond acceptors (Lipinski definition) is 4. The average molecular weight is 333 g/mol. The maximum atomic E-state index is 13.3. The molecule has 0 aromatic heterocycles. The van der Waals surface area contributed by atoms with E-state index in [9.17, 15) is 12.8 Å². The van der Waals surface area contributed by atoms with Gasteiger partial charge in [-0.3, -0.25) is 0 Å². The van der Waals surface area contributed by atoms with Gasteiger partial charge in [0, 0.05) is 16.9 Å². The van der Waals surface area contributed by atoms with Gasteiger partial charge in [-0.15, -0.1) is 0 Å². The minimum Gasteiger partial charge on any atom is -0.392 e. The smallest absolute Gasteiger partial charge is 0.240 e. The first kappa shape index (κ1) is 16.7. The molecule has 2 unspecified atom stereocenters. The fraction of sp³-hybridized carbons (Fsp3) is 0.571. The summed E-state index contributed by atoms with van der Waals surface area (Å²) in [5.74, 6) is -0.600. The number of aliphatic hydroxyl groups excluding tert-OH is 1. The maximum absolute atomic E-state index is 13.3. The molecule has 0 aliphatic heterocycles. The lowest BCUT2D eigenvalue weighted by Gasteiger charge is -2.28. The standard InChI is InChI=1S/C14H20FNO3S2/c1-20-12-4-2-3-11(8-12)16-21(18,19)13-5-6-14(15)10(7-13)9-17/h5-7,11-12,16-17H,2-4,8-9H2,1H3. The van der Waals surface area contributed by atoms with Gasteiger partial charge in [0.1, 0.15) is 5.82 Å². The summed E-state index contributed by atoms with van der Waals surface area (Å²) in [7, 11) is -3.68. The molecule has 118 valence electrons. The zero-order valence-corrected chi connectivity index (χ0v) is 13.5. The van der Waals surface area contributed by atoms with Crippen LogP contribution >= 0.6 is 11.8 Å². The molecule has 0 saturated heterocycles. The maximum Gasteiger partial charge on any atom is 0.240 e. The Balaban J connectivity index is 2.14. The molecule has 1 aromatic carbocycles. The molecule has 1 fully saturated rings. The van der Waals surface area contributed by atoms with E-state index in [4.69, 9.17) is 5.11 Å². The molecule has 2 rings (SSSR count). The molecule has 0 heterocycles. The van der Waals surface area contributed by atoms with Gasteiger partial charge in [-0.1, -0.05) is 6.42 Å².